The Kier molecular flexibility index (Phi) is 6.09. The van der Waals surface area contributed by atoms with Gasteiger partial charge in [-0.05, 0) is 36.8 Å². The minimum atomic E-state index is -4.34. The van der Waals surface area contributed by atoms with Crippen LogP contribution in [-0.2, 0) is 6.18 Å². The van der Waals surface area contributed by atoms with E-state index >= 15 is 0 Å². The van der Waals surface area contributed by atoms with Gasteiger partial charge in [-0.3, -0.25) is 4.99 Å². The summed E-state index contributed by atoms with van der Waals surface area (Å²) >= 11 is 1.22. The molecular weight excluding hydrogens is 333 g/mol. The molecule has 2 aromatic carbocycles. The molecule has 2 rings (SSSR count). The fourth-order valence-electron chi connectivity index (χ4n) is 2.00. The third-order valence-electron chi connectivity index (χ3n) is 3.15. The van der Waals surface area contributed by atoms with Crippen molar-refractivity contribution in [2.45, 2.75) is 18.0 Å². The number of alkyl halides is 3. The molecule has 0 aliphatic carbocycles. The standard InChI is InChI=1S/C18H17F3N2S/c1-13-5-3-6-14(9-13)17(23-12-22-2)11-24-16-8-4-7-15(10-16)18(19,20)21/h3-12H,1-2H3,(H,22,23)/b17-11-. The molecule has 6 heteroatoms. The minimum Gasteiger partial charge on any atom is -0.346 e. The number of nitrogens with one attached hydrogen (secondary N) is 1. The summed E-state index contributed by atoms with van der Waals surface area (Å²) in [5.74, 6) is 0. The predicted octanol–water partition coefficient (Wildman–Crippen LogP) is 5.35. The predicted molar refractivity (Wildman–Crippen MR) is 94.0 cm³/mol. The highest BCUT2D eigenvalue weighted by atomic mass is 32.2. The lowest BCUT2D eigenvalue weighted by atomic mass is 10.1. The molecule has 126 valence electrons. The number of nitrogens with zero attached hydrogens (tertiary/aromatic N) is 1. The lowest BCUT2D eigenvalue weighted by Crippen LogP contribution is -2.09. The summed E-state index contributed by atoms with van der Waals surface area (Å²) in [6.07, 6.45) is -2.80. The highest BCUT2D eigenvalue weighted by Crippen LogP contribution is 2.32. The zero-order chi connectivity index (χ0) is 17.6. The van der Waals surface area contributed by atoms with Crippen LogP contribution in [0, 0.1) is 6.92 Å². The molecule has 2 nitrogen and oxygen atoms in total. The Balaban J connectivity index is 2.27. The quantitative estimate of drug-likeness (QED) is 0.446. The average Bonchev–Trinajstić information content (AvgIpc) is 2.54. The molecule has 0 amide bonds. The molecule has 0 saturated heterocycles. The molecule has 0 saturated carbocycles. The van der Waals surface area contributed by atoms with E-state index in [1.54, 1.807) is 24.9 Å². The van der Waals surface area contributed by atoms with Crippen molar-refractivity contribution in [2.75, 3.05) is 7.05 Å². The molecule has 0 atom stereocenters. The van der Waals surface area contributed by atoms with Gasteiger partial charge in [-0.2, -0.15) is 13.2 Å². The second-order valence-corrected chi connectivity index (χ2v) is 6.02. The van der Waals surface area contributed by atoms with Crippen molar-refractivity contribution >= 4 is 23.8 Å². The Hall–Kier alpha value is -2.21. The van der Waals surface area contributed by atoms with Crippen LogP contribution in [0.4, 0.5) is 13.2 Å². The Morgan fingerprint density at radius 1 is 1.12 bits per heavy atom. The smallest absolute Gasteiger partial charge is 0.346 e. The molecule has 0 aromatic heterocycles. The molecular formula is C18H17F3N2S. The van der Waals surface area contributed by atoms with Crippen molar-refractivity contribution in [1.82, 2.24) is 5.32 Å². The van der Waals surface area contributed by atoms with E-state index in [0.717, 1.165) is 29.0 Å². The van der Waals surface area contributed by atoms with Crippen LogP contribution in [0.25, 0.3) is 5.70 Å². The van der Waals surface area contributed by atoms with E-state index in [0.29, 0.717) is 4.90 Å². The monoisotopic (exact) mass is 350 g/mol. The summed E-state index contributed by atoms with van der Waals surface area (Å²) in [7, 11) is 1.64. The molecule has 24 heavy (non-hydrogen) atoms. The van der Waals surface area contributed by atoms with Crippen molar-refractivity contribution in [1.29, 1.82) is 0 Å². The van der Waals surface area contributed by atoms with Gasteiger partial charge in [-0.1, -0.05) is 41.6 Å². The largest absolute Gasteiger partial charge is 0.416 e. The SMILES string of the molecule is CN=CN/C(=C\Sc1cccc(C(F)(F)F)c1)c1cccc(C)c1. The summed E-state index contributed by atoms with van der Waals surface area (Å²) in [5, 5.41) is 4.84. The lowest BCUT2D eigenvalue weighted by molar-refractivity contribution is -0.137. The molecule has 2 aromatic rings. The molecule has 0 spiro atoms. The van der Waals surface area contributed by atoms with Gasteiger partial charge in [0.15, 0.2) is 0 Å². The summed E-state index contributed by atoms with van der Waals surface area (Å²) in [4.78, 5) is 4.41. The van der Waals surface area contributed by atoms with Crippen LogP contribution in [-0.4, -0.2) is 13.4 Å². The van der Waals surface area contributed by atoms with E-state index in [1.807, 2.05) is 31.2 Å². The van der Waals surface area contributed by atoms with Gasteiger partial charge in [0.2, 0.25) is 0 Å². The van der Waals surface area contributed by atoms with Gasteiger partial charge >= 0.3 is 6.18 Å². The summed E-state index contributed by atoms with van der Waals surface area (Å²) in [6, 6.07) is 13.1. The van der Waals surface area contributed by atoms with Crippen molar-refractivity contribution in [2.24, 2.45) is 4.99 Å². The van der Waals surface area contributed by atoms with Crippen molar-refractivity contribution in [3.05, 3.63) is 70.6 Å². The van der Waals surface area contributed by atoms with Crippen LogP contribution in [0.5, 0.6) is 0 Å². The highest BCUT2D eigenvalue weighted by Gasteiger charge is 2.30. The number of aliphatic imine (C=N–C) groups is 1. The van der Waals surface area contributed by atoms with Crippen molar-refractivity contribution in [3.8, 4) is 0 Å². The van der Waals surface area contributed by atoms with Crippen molar-refractivity contribution in [3.63, 3.8) is 0 Å². The topological polar surface area (TPSA) is 24.4 Å². The highest BCUT2D eigenvalue weighted by molar-refractivity contribution is 8.02. The number of halogens is 3. The van der Waals surface area contributed by atoms with Crippen LogP contribution in [0.15, 0.2) is 63.8 Å². The first-order valence-corrected chi connectivity index (χ1v) is 8.06. The Morgan fingerprint density at radius 2 is 1.88 bits per heavy atom. The summed E-state index contributed by atoms with van der Waals surface area (Å²) < 4.78 is 38.4. The van der Waals surface area contributed by atoms with Crippen LogP contribution >= 0.6 is 11.8 Å². The first-order valence-electron chi connectivity index (χ1n) is 7.18. The second kappa shape index (κ2) is 8.06. The van der Waals surface area contributed by atoms with E-state index in [1.165, 1.54) is 17.8 Å². The normalized spacial score (nSPS) is 12.6. The van der Waals surface area contributed by atoms with Gasteiger partial charge in [0.25, 0.3) is 0 Å². The Labute approximate surface area is 143 Å². The molecule has 0 unspecified atom stereocenters. The van der Waals surface area contributed by atoms with E-state index in [9.17, 15) is 13.2 Å². The van der Waals surface area contributed by atoms with Crippen LogP contribution in [0.2, 0.25) is 0 Å². The molecule has 0 bridgehead atoms. The second-order valence-electron chi connectivity index (χ2n) is 5.08. The number of hydrogen-bond acceptors (Lipinski definition) is 2. The van der Waals surface area contributed by atoms with E-state index in [-0.39, 0.29) is 0 Å². The van der Waals surface area contributed by atoms with Gasteiger partial charge in [-0.25, -0.2) is 0 Å². The Morgan fingerprint density at radius 3 is 2.54 bits per heavy atom. The number of thioether (sulfide) groups is 1. The molecule has 0 fully saturated rings. The first-order chi connectivity index (χ1) is 11.4. The molecule has 0 heterocycles. The minimum absolute atomic E-state index is 0.519. The third-order valence-corrected chi connectivity index (χ3v) is 4.03. The van der Waals surface area contributed by atoms with Crippen LogP contribution in [0.1, 0.15) is 16.7 Å². The van der Waals surface area contributed by atoms with Gasteiger partial charge in [0.1, 0.15) is 0 Å². The number of rotatable bonds is 5. The fraction of sp³-hybridized carbons (Fsp3) is 0.167. The average molecular weight is 350 g/mol. The Bertz CT molecular complexity index is 752. The summed E-state index contributed by atoms with van der Waals surface area (Å²) in [6.45, 7) is 1.98. The van der Waals surface area contributed by atoms with E-state index < -0.39 is 11.7 Å². The number of aryl methyl sites for hydroxylation is 1. The van der Waals surface area contributed by atoms with Gasteiger partial charge in [-0.15, -0.1) is 0 Å². The summed E-state index contributed by atoms with van der Waals surface area (Å²) in [5.41, 5.74) is 2.15. The molecule has 0 radical (unpaired) electrons. The number of hydrogen-bond donors (Lipinski definition) is 1. The van der Waals surface area contributed by atoms with Crippen LogP contribution < -0.4 is 5.32 Å². The maximum absolute atomic E-state index is 12.8. The van der Waals surface area contributed by atoms with E-state index in [2.05, 4.69) is 10.3 Å². The molecule has 0 aliphatic heterocycles. The lowest BCUT2D eigenvalue weighted by Gasteiger charge is -2.10. The zero-order valence-electron chi connectivity index (χ0n) is 13.3. The number of benzene rings is 2. The third kappa shape index (κ3) is 5.16. The molecule has 0 aliphatic rings. The molecule has 1 N–H and O–H groups in total. The zero-order valence-corrected chi connectivity index (χ0v) is 14.1. The van der Waals surface area contributed by atoms with Gasteiger partial charge in [0.05, 0.1) is 17.6 Å². The fourth-order valence-corrected chi connectivity index (χ4v) is 2.81. The van der Waals surface area contributed by atoms with Gasteiger partial charge in [0, 0.05) is 17.4 Å². The first kappa shape index (κ1) is 18.1. The van der Waals surface area contributed by atoms with Crippen molar-refractivity contribution < 1.29 is 13.2 Å². The van der Waals surface area contributed by atoms with E-state index in [4.69, 9.17) is 0 Å². The maximum Gasteiger partial charge on any atom is 0.416 e. The van der Waals surface area contributed by atoms with Gasteiger partial charge < -0.3 is 5.32 Å². The maximum atomic E-state index is 12.8. The van der Waals surface area contributed by atoms with Crippen LogP contribution in [0.3, 0.4) is 0 Å².